The summed E-state index contributed by atoms with van der Waals surface area (Å²) in [5.74, 6) is 2.62. The third-order valence-electron chi connectivity index (χ3n) is 6.28. The van der Waals surface area contributed by atoms with Gasteiger partial charge in [0.1, 0.15) is 0 Å². The molecule has 1 aliphatic carbocycles. The predicted octanol–water partition coefficient (Wildman–Crippen LogP) is 5.99. The fourth-order valence-corrected chi connectivity index (χ4v) is 4.78. The van der Waals surface area contributed by atoms with Gasteiger partial charge < -0.3 is 14.8 Å². The molecule has 3 aromatic carbocycles. The molecule has 6 rings (SSSR count). The highest BCUT2D eigenvalue weighted by Crippen LogP contribution is 2.49. The fourth-order valence-electron chi connectivity index (χ4n) is 4.78. The average Bonchev–Trinajstić information content (AvgIpc) is 3.47. The third kappa shape index (κ3) is 2.96. The zero-order valence-corrected chi connectivity index (χ0v) is 16.5. The number of nitrogens with zero attached hydrogens (tertiary/aromatic N) is 1. The normalized spacial score (nSPS) is 23.3. The Hall–Kier alpha value is -3.53. The second-order valence-corrected chi connectivity index (χ2v) is 8.03. The highest BCUT2D eigenvalue weighted by Gasteiger charge is 2.37. The lowest BCUT2D eigenvalue weighted by molar-refractivity contribution is 0.174. The molecular weight excluding hydrogens is 372 g/mol. The van der Waals surface area contributed by atoms with Gasteiger partial charge in [0.15, 0.2) is 11.5 Å². The van der Waals surface area contributed by atoms with Crippen LogP contribution in [0.25, 0.3) is 0 Å². The molecule has 3 atom stereocenters. The molecule has 0 saturated heterocycles. The number of benzene rings is 3. The van der Waals surface area contributed by atoms with Crippen LogP contribution in [0.3, 0.4) is 0 Å². The Labute approximate surface area is 175 Å². The maximum atomic E-state index is 5.44. The molecule has 30 heavy (non-hydrogen) atoms. The number of allylic oxidation sites excluding steroid dienone is 2. The van der Waals surface area contributed by atoms with Crippen molar-refractivity contribution in [2.75, 3.05) is 12.1 Å². The molecule has 2 aliphatic heterocycles. The van der Waals surface area contributed by atoms with Gasteiger partial charge in [-0.05, 0) is 65.4 Å². The molecule has 0 bridgehead atoms. The first-order valence-electron chi connectivity index (χ1n) is 10.4. The van der Waals surface area contributed by atoms with Gasteiger partial charge in [0.25, 0.3) is 0 Å². The van der Waals surface area contributed by atoms with Gasteiger partial charge in [-0.25, -0.2) is 0 Å². The molecule has 148 valence electrons. The second-order valence-electron chi connectivity index (χ2n) is 8.03. The van der Waals surface area contributed by atoms with E-state index in [0.29, 0.717) is 17.9 Å². The summed E-state index contributed by atoms with van der Waals surface area (Å²) < 4.78 is 10.8. The minimum absolute atomic E-state index is 0.286. The molecule has 0 fully saturated rings. The first kappa shape index (κ1) is 17.3. The molecule has 2 heterocycles. The topological polar surface area (TPSA) is 42.9 Å². The van der Waals surface area contributed by atoms with Crippen molar-refractivity contribution in [3.63, 3.8) is 0 Å². The van der Waals surface area contributed by atoms with E-state index in [9.17, 15) is 0 Å². The van der Waals surface area contributed by atoms with Crippen LogP contribution in [-0.2, 0) is 0 Å². The van der Waals surface area contributed by atoms with E-state index in [1.165, 1.54) is 16.8 Å². The van der Waals surface area contributed by atoms with Crippen LogP contribution in [0.5, 0.6) is 11.5 Å². The van der Waals surface area contributed by atoms with Crippen molar-refractivity contribution in [2.45, 2.75) is 18.4 Å². The first-order chi connectivity index (χ1) is 14.8. The molecular formula is C26H22N2O2. The Morgan fingerprint density at radius 1 is 0.933 bits per heavy atom. The minimum Gasteiger partial charge on any atom is -0.454 e. The smallest absolute Gasteiger partial charge is 0.231 e. The summed E-state index contributed by atoms with van der Waals surface area (Å²) in [5, 5.41) is 3.78. The summed E-state index contributed by atoms with van der Waals surface area (Å²) in [6, 6.07) is 23.5. The zero-order valence-electron chi connectivity index (χ0n) is 16.5. The average molecular weight is 394 g/mol. The summed E-state index contributed by atoms with van der Waals surface area (Å²) >= 11 is 0. The van der Waals surface area contributed by atoms with Crippen molar-refractivity contribution < 1.29 is 9.47 Å². The van der Waals surface area contributed by atoms with E-state index in [-0.39, 0.29) is 6.79 Å². The van der Waals surface area contributed by atoms with Crippen molar-refractivity contribution in [3.05, 3.63) is 95.6 Å². The summed E-state index contributed by atoms with van der Waals surface area (Å²) in [4.78, 5) is 4.64. The number of fused-ring (bicyclic) bond motifs is 4. The monoisotopic (exact) mass is 394 g/mol. The number of anilines is 1. The molecule has 0 unspecified atom stereocenters. The van der Waals surface area contributed by atoms with E-state index < -0.39 is 0 Å². The molecule has 0 amide bonds. The van der Waals surface area contributed by atoms with Crippen molar-refractivity contribution in [1.29, 1.82) is 0 Å². The van der Waals surface area contributed by atoms with Gasteiger partial charge in [-0.1, -0.05) is 42.5 Å². The van der Waals surface area contributed by atoms with Crippen molar-refractivity contribution in [1.82, 2.24) is 0 Å². The summed E-state index contributed by atoms with van der Waals surface area (Å²) in [5.41, 5.74) is 5.91. The van der Waals surface area contributed by atoms with Gasteiger partial charge in [-0.2, -0.15) is 0 Å². The molecule has 0 aromatic heterocycles. The molecule has 4 heteroatoms. The van der Waals surface area contributed by atoms with Crippen molar-refractivity contribution in [3.8, 4) is 11.5 Å². The van der Waals surface area contributed by atoms with E-state index >= 15 is 0 Å². The standard InChI is InChI=1S/C26H22N2O2/c1-2-7-23-21(4-1)20-5-3-6-22(20)26(28-23)18-9-11-19(12-10-18)27-15-17-8-13-24-25(14-17)30-16-29-24/h1-5,7-15,20,22,26,28H,6,16H2/t20-,22-,26-/m1/s1. The number of nitrogens with one attached hydrogen (secondary N) is 1. The largest absolute Gasteiger partial charge is 0.454 e. The Morgan fingerprint density at radius 3 is 2.73 bits per heavy atom. The number of para-hydroxylation sites is 1. The SMILES string of the molecule is C1=C[C@@H]2c3ccccc3N[C@H](c3ccc(N=Cc4ccc5c(c4)OCO5)cc3)[C@@H]2C1. The quantitative estimate of drug-likeness (QED) is 0.438. The van der Waals surface area contributed by atoms with E-state index in [1.54, 1.807) is 0 Å². The van der Waals surface area contributed by atoms with Crippen molar-refractivity contribution >= 4 is 17.6 Å². The van der Waals surface area contributed by atoms with Crippen LogP contribution in [0.15, 0.2) is 83.9 Å². The number of ether oxygens (including phenoxy) is 2. The van der Waals surface area contributed by atoms with Gasteiger partial charge in [0.05, 0.1) is 11.7 Å². The number of hydrogen-bond acceptors (Lipinski definition) is 4. The van der Waals surface area contributed by atoms with Crippen LogP contribution in [0, 0.1) is 5.92 Å². The molecule has 0 radical (unpaired) electrons. The summed E-state index contributed by atoms with van der Waals surface area (Å²) in [6.07, 6.45) is 7.68. The van der Waals surface area contributed by atoms with Crippen molar-refractivity contribution in [2.24, 2.45) is 10.9 Å². The molecule has 0 spiro atoms. The Balaban J connectivity index is 1.23. The molecule has 0 saturated carbocycles. The van der Waals surface area contributed by atoms with Gasteiger partial charge >= 0.3 is 0 Å². The van der Waals surface area contributed by atoms with E-state index in [1.807, 2.05) is 24.4 Å². The first-order valence-corrected chi connectivity index (χ1v) is 10.4. The molecule has 3 aliphatic rings. The summed E-state index contributed by atoms with van der Waals surface area (Å²) in [7, 11) is 0. The Kier molecular flexibility index (Phi) is 4.08. The predicted molar refractivity (Wildman–Crippen MR) is 119 cm³/mol. The Morgan fingerprint density at radius 2 is 1.80 bits per heavy atom. The molecule has 4 nitrogen and oxygen atoms in total. The van der Waals surface area contributed by atoms with Crippen LogP contribution in [0.1, 0.15) is 35.1 Å². The van der Waals surface area contributed by atoms with E-state index in [2.05, 4.69) is 71.0 Å². The minimum atomic E-state index is 0.286. The molecule has 1 N–H and O–H groups in total. The number of rotatable bonds is 3. The lowest BCUT2D eigenvalue weighted by Gasteiger charge is -2.37. The van der Waals surface area contributed by atoms with Crippen LogP contribution in [0.2, 0.25) is 0 Å². The lowest BCUT2D eigenvalue weighted by atomic mass is 9.77. The van der Waals surface area contributed by atoms with Gasteiger partial charge in [-0.3, -0.25) is 4.99 Å². The molecule has 3 aromatic rings. The zero-order chi connectivity index (χ0) is 19.9. The van der Waals surface area contributed by atoms with E-state index in [4.69, 9.17) is 9.47 Å². The highest BCUT2D eigenvalue weighted by molar-refractivity contribution is 5.83. The third-order valence-corrected chi connectivity index (χ3v) is 6.28. The summed E-state index contributed by atoms with van der Waals surface area (Å²) in [6.45, 7) is 0.286. The van der Waals surface area contributed by atoms with Gasteiger partial charge in [0, 0.05) is 17.8 Å². The van der Waals surface area contributed by atoms with Gasteiger partial charge in [-0.15, -0.1) is 0 Å². The van der Waals surface area contributed by atoms with Crippen LogP contribution >= 0.6 is 0 Å². The Bertz CT molecular complexity index is 1150. The van der Waals surface area contributed by atoms with Crippen LogP contribution in [0.4, 0.5) is 11.4 Å². The number of aliphatic imine (C=N–C) groups is 1. The van der Waals surface area contributed by atoms with Crippen LogP contribution < -0.4 is 14.8 Å². The van der Waals surface area contributed by atoms with Gasteiger partial charge in [0.2, 0.25) is 6.79 Å². The lowest BCUT2D eigenvalue weighted by Crippen LogP contribution is -2.28. The van der Waals surface area contributed by atoms with Crippen LogP contribution in [-0.4, -0.2) is 13.0 Å². The highest BCUT2D eigenvalue weighted by atomic mass is 16.7. The fraction of sp³-hybridized carbons (Fsp3) is 0.192. The van der Waals surface area contributed by atoms with E-state index in [0.717, 1.165) is 29.2 Å². The maximum Gasteiger partial charge on any atom is 0.231 e. The maximum absolute atomic E-state index is 5.44. The number of hydrogen-bond donors (Lipinski definition) is 1. The second kappa shape index (κ2) is 7.06.